The third-order valence-corrected chi connectivity index (χ3v) is 3.18. The smallest absolute Gasteiger partial charge is 0.404 e. The zero-order chi connectivity index (χ0) is 15.1. The summed E-state index contributed by atoms with van der Waals surface area (Å²) in [7, 11) is 0. The first-order chi connectivity index (χ1) is 10.2. The van der Waals surface area contributed by atoms with Crippen LogP contribution in [-0.4, -0.2) is 18.5 Å². The van der Waals surface area contributed by atoms with E-state index >= 15 is 0 Å². The summed E-state index contributed by atoms with van der Waals surface area (Å²) in [4.78, 5) is 23.1. The van der Waals surface area contributed by atoms with Crippen LogP contribution >= 0.6 is 0 Å². The predicted octanol–water partition coefficient (Wildman–Crippen LogP) is 2.87. The molecule has 1 amide bonds. The molecule has 0 aliphatic heterocycles. The van der Waals surface area contributed by atoms with E-state index in [0.29, 0.717) is 0 Å². The second kappa shape index (κ2) is 7.24. The van der Waals surface area contributed by atoms with E-state index in [1.807, 2.05) is 60.7 Å². The Kier molecular flexibility index (Phi) is 5.10. The average Bonchev–Trinajstić information content (AvgIpc) is 2.49. The van der Waals surface area contributed by atoms with Crippen molar-refractivity contribution < 1.29 is 14.3 Å². The van der Waals surface area contributed by atoms with Gasteiger partial charge in [-0.2, -0.15) is 0 Å². The zero-order valence-electron chi connectivity index (χ0n) is 11.6. The molecule has 2 aromatic rings. The minimum absolute atomic E-state index is 0.00430. The maximum absolute atomic E-state index is 12.5. The Morgan fingerprint density at radius 2 is 1.38 bits per heavy atom. The molecule has 0 bridgehead atoms. The highest BCUT2D eigenvalue weighted by molar-refractivity contribution is 5.89. The molecule has 0 saturated carbocycles. The molecule has 2 rings (SSSR count). The van der Waals surface area contributed by atoms with Gasteiger partial charge < -0.3 is 10.5 Å². The first-order valence-electron chi connectivity index (χ1n) is 6.73. The Labute approximate surface area is 123 Å². The van der Waals surface area contributed by atoms with Crippen LogP contribution in [0.25, 0.3) is 0 Å². The summed E-state index contributed by atoms with van der Waals surface area (Å²) in [5.74, 6) is -0.363. The molecule has 2 aromatic carbocycles. The van der Waals surface area contributed by atoms with Crippen molar-refractivity contribution in [3.63, 3.8) is 0 Å². The van der Waals surface area contributed by atoms with Gasteiger partial charge in [0.05, 0.1) is 5.92 Å². The number of hydrogen-bond donors (Lipinski definition) is 1. The number of carbonyl (C=O) groups excluding carboxylic acids is 2. The number of carbonyl (C=O) groups is 2. The molecule has 0 aromatic heterocycles. The van der Waals surface area contributed by atoms with Crippen molar-refractivity contribution in [1.82, 2.24) is 0 Å². The van der Waals surface area contributed by atoms with E-state index in [0.717, 1.165) is 11.1 Å². The second-order valence-electron chi connectivity index (χ2n) is 4.64. The number of rotatable bonds is 6. The minimum atomic E-state index is -0.862. The minimum Gasteiger partial charge on any atom is -0.449 e. The van der Waals surface area contributed by atoms with Gasteiger partial charge in [-0.05, 0) is 11.1 Å². The fourth-order valence-corrected chi connectivity index (χ4v) is 2.25. The summed E-state index contributed by atoms with van der Waals surface area (Å²) >= 11 is 0. The van der Waals surface area contributed by atoms with E-state index in [9.17, 15) is 9.59 Å². The topological polar surface area (TPSA) is 69.4 Å². The number of ketones is 1. The Morgan fingerprint density at radius 3 is 1.81 bits per heavy atom. The number of ether oxygens (including phenoxy) is 1. The predicted molar refractivity (Wildman–Crippen MR) is 79.9 cm³/mol. The monoisotopic (exact) mass is 283 g/mol. The van der Waals surface area contributed by atoms with Crippen molar-refractivity contribution in [2.75, 3.05) is 6.61 Å². The molecule has 0 spiro atoms. The van der Waals surface area contributed by atoms with E-state index in [2.05, 4.69) is 4.74 Å². The third-order valence-electron chi connectivity index (χ3n) is 3.18. The lowest BCUT2D eigenvalue weighted by molar-refractivity contribution is -0.120. The number of Topliss-reactive ketones (excluding diaryl/α,β-unsaturated/α-hetero) is 1. The molecular formula is C17H17NO3. The highest BCUT2D eigenvalue weighted by atomic mass is 16.5. The lowest BCUT2D eigenvalue weighted by Crippen LogP contribution is -2.19. The van der Waals surface area contributed by atoms with Crippen molar-refractivity contribution in [3.05, 3.63) is 71.8 Å². The molecule has 0 heterocycles. The van der Waals surface area contributed by atoms with Gasteiger partial charge in [0.15, 0.2) is 0 Å². The maximum atomic E-state index is 12.5. The number of primary amides is 1. The molecule has 0 unspecified atom stereocenters. The van der Waals surface area contributed by atoms with Crippen molar-refractivity contribution in [2.24, 2.45) is 5.73 Å². The summed E-state index contributed by atoms with van der Waals surface area (Å²) in [5.41, 5.74) is 6.75. The van der Waals surface area contributed by atoms with E-state index in [1.165, 1.54) is 0 Å². The molecule has 0 atom stereocenters. The van der Waals surface area contributed by atoms with E-state index in [4.69, 9.17) is 5.73 Å². The fraction of sp³-hybridized carbons (Fsp3) is 0.176. The van der Waals surface area contributed by atoms with Crippen molar-refractivity contribution in [3.8, 4) is 0 Å². The van der Waals surface area contributed by atoms with Crippen molar-refractivity contribution in [1.29, 1.82) is 0 Å². The van der Waals surface area contributed by atoms with E-state index in [1.54, 1.807) is 0 Å². The van der Waals surface area contributed by atoms with Gasteiger partial charge in [-0.25, -0.2) is 4.79 Å². The standard InChI is InChI=1S/C17H17NO3/c18-17(20)21-12-11-15(19)16(13-7-3-1-4-8-13)14-9-5-2-6-10-14/h1-10,16H,11-12H2,(H2,18,20). The van der Waals surface area contributed by atoms with Gasteiger partial charge >= 0.3 is 6.09 Å². The summed E-state index contributed by atoms with van der Waals surface area (Å²) in [6.07, 6.45) is -0.726. The normalized spacial score (nSPS) is 10.3. The molecule has 0 radical (unpaired) electrons. The molecule has 4 nitrogen and oxygen atoms in total. The number of amides is 1. The Hall–Kier alpha value is -2.62. The van der Waals surface area contributed by atoms with Crippen LogP contribution in [0, 0.1) is 0 Å². The molecule has 21 heavy (non-hydrogen) atoms. The molecule has 0 fully saturated rings. The number of nitrogens with two attached hydrogens (primary N) is 1. The largest absolute Gasteiger partial charge is 0.449 e. The molecule has 4 heteroatoms. The average molecular weight is 283 g/mol. The van der Waals surface area contributed by atoms with Crippen LogP contribution in [-0.2, 0) is 9.53 Å². The summed E-state index contributed by atoms with van der Waals surface area (Å²) < 4.78 is 4.65. The highest BCUT2D eigenvalue weighted by Crippen LogP contribution is 2.26. The Bertz CT molecular complexity index is 556. The highest BCUT2D eigenvalue weighted by Gasteiger charge is 2.22. The van der Waals surface area contributed by atoms with Gasteiger partial charge in [0, 0.05) is 6.42 Å². The third kappa shape index (κ3) is 4.18. The van der Waals surface area contributed by atoms with Crippen molar-refractivity contribution >= 4 is 11.9 Å². The quantitative estimate of drug-likeness (QED) is 0.886. The zero-order valence-corrected chi connectivity index (χ0v) is 11.6. The Morgan fingerprint density at radius 1 is 0.905 bits per heavy atom. The number of benzene rings is 2. The summed E-state index contributed by atoms with van der Waals surface area (Å²) in [6, 6.07) is 19.1. The van der Waals surface area contributed by atoms with E-state index in [-0.39, 0.29) is 24.7 Å². The molecule has 0 saturated heterocycles. The maximum Gasteiger partial charge on any atom is 0.404 e. The first kappa shape index (κ1) is 14.8. The fourth-order valence-electron chi connectivity index (χ4n) is 2.25. The van der Waals surface area contributed by atoms with Crippen LogP contribution in [0.5, 0.6) is 0 Å². The van der Waals surface area contributed by atoms with Crippen LogP contribution in [0.2, 0.25) is 0 Å². The summed E-state index contributed by atoms with van der Waals surface area (Å²) in [5, 5.41) is 0. The van der Waals surface area contributed by atoms with Crippen LogP contribution in [0.3, 0.4) is 0 Å². The van der Waals surface area contributed by atoms with Gasteiger partial charge in [0.1, 0.15) is 12.4 Å². The summed E-state index contributed by atoms with van der Waals surface area (Å²) in [6.45, 7) is 0.00430. The van der Waals surface area contributed by atoms with Gasteiger partial charge in [-0.1, -0.05) is 60.7 Å². The lowest BCUT2D eigenvalue weighted by Gasteiger charge is -2.16. The van der Waals surface area contributed by atoms with Crippen LogP contribution < -0.4 is 5.73 Å². The molecule has 0 aliphatic rings. The van der Waals surface area contributed by atoms with Crippen molar-refractivity contribution in [2.45, 2.75) is 12.3 Å². The van der Waals surface area contributed by atoms with Gasteiger partial charge in [-0.15, -0.1) is 0 Å². The molecule has 108 valence electrons. The molecular weight excluding hydrogens is 266 g/mol. The lowest BCUT2D eigenvalue weighted by atomic mass is 9.86. The van der Waals surface area contributed by atoms with Crippen LogP contribution in [0.15, 0.2) is 60.7 Å². The molecule has 2 N–H and O–H groups in total. The van der Waals surface area contributed by atoms with Gasteiger partial charge in [-0.3, -0.25) is 4.79 Å². The van der Waals surface area contributed by atoms with E-state index < -0.39 is 6.09 Å². The first-order valence-corrected chi connectivity index (χ1v) is 6.73. The SMILES string of the molecule is NC(=O)OCCC(=O)C(c1ccccc1)c1ccccc1. The second-order valence-corrected chi connectivity index (χ2v) is 4.64. The van der Waals surface area contributed by atoms with Crippen LogP contribution in [0.1, 0.15) is 23.5 Å². The van der Waals surface area contributed by atoms with Crippen LogP contribution in [0.4, 0.5) is 4.79 Å². The Balaban J connectivity index is 2.21. The van der Waals surface area contributed by atoms with Gasteiger partial charge in [0.25, 0.3) is 0 Å². The van der Waals surface area contributed by atoms with Gasteiger partial charge in [0.2, 0.25) is 0 Å². The number of hydrogen-bond acceptors (Lipinski definition) is 3. The molecule has 0 aliphatic carbocycles.